The lowest BCUT2D eigenvalue weighted by Crippen LogP contribution is -2.19. The summed E-state index contributed by atoms with van der Waals surface area (Å²) >= 11 is 5.87. The minimum Gasteiger partial charge on any atom is -0.380 e. The third kappa shape index (κ3) is 5.78. The zero-order valence-corrected chi connectivity index (χ0v) is 9.89. The van der Waals surface area contributed by atoms with Crippen molar-refractivity contribution < 1.29 is 4.74 Å². The molecule has 84 valence electrons. The van der Waals surface area contributed by atoms with Gasteiger partial charge < -0.3 is 10.1 Å². The van der Waals surface area contributed by atoms with E-state index in [9.17, 15) is 0 Å². The molecule has 0 atom stereocenters. The molecule has 2 nitrogen and oxygen atoms in total. The van der Waals surface area contributed by atoms with E-state index in [1.807, 2.05) is 18.2 Å². The van der Waals surface area contributed by atoms with Crippen LogP contribution in [-0.2, 0) is 11.3 Å². The number of ether oxygens (including phenoxy) is 1. The van der Waals surface area contributed by atoms with Gasteiger partial charge in [0.25, 0.3) is 0 Å². The zero-order valence-electron chi connectivity index (χ0n) is 9.13. The van der Waals surface area contributed by atoms with E-state index in [4.69, 9.17) is 16.3 Å². The van der Waals surface area contributed by atoms with Gasteiger partial charge in [-0.25, -0.2) is 0 Å². The molecule has 0 amide bonds. The predicted octanol–water partition coefficient (Wildman–Crippen LogP) is 2.86. The number of halogens is 1. The minimum atomic E-state index is 0.772. The van der Waals surface area contributed by atoms with Gasteiger partial charge in [-0.2, -0.15) is 0 Å². The van der Waals surface area contributed by atoms with Gasteiger partial charge in [0.1, 0.15) is 0 Å². The summed E-state index contributed by atoms with van der Waals surface area (Å²) in [5.41, 5.74) is 1.21. The molecule has 0 radical (unpaired) electrons. The van der Waals surface area contributed by atoms with Crippen LogP contribution in [-0.4, -0.2) is 19.8 Å². The Balaban J connectivity index is 2.10. The van der Waals surface area contributed by atoms with Crippen LogP contribution in [0.2, 0.25) is 5.02 Å². The molecule has 0 saturated carbocycles. The lowest BCUT2D eigenvalue weighted by Gasteiger charge is -2.05. The second-order valence-electron chi connectivity index (χ2n) is 3.42. The third-order valence-electron chi connectivity index (χ3n) is 1.99. The van der Waals surface area contributed by atoms with Crippen molar-refractivity contribution in [1.82, 2.24) is 5.32 Å². The third-order valence-corrected chi connectivity index (χ3v) is 2.22. The number of benzene rings is 1. The van der Waals surface area contributed by atoms with Crippen molar-refractivity contribution in [1.29, 1.82) is 0 Å². The lowest BCUT2D eigenvalue weighted by atomic mass is 10.2. The number of hydrogen-bond donors (Lipinski definition) is 1. The van der Waals surface area contributed by atoms with Crippen LogP contribution < -0.4 is 5.32 Å². The molecule has 0 heterocycles. The summed E-state index contributed by atoms with van der Waals surface area (Å²) in [6.07, 6.45) is 1.08. The molecule has 0 aliphatic heterocycles. The van der Waals surface area contributed by atoms with E-state index >= 15 is 0 Å². The highest BCUT2D eigenvalue weighted by atomic mass is 35.5. The highest BCUT2D eigenvalue weighted by Crippen LogP contribution is 2.09. The van der Waals surface area contributed by atoms with Gasteiger partial charge in [0.15, 0.2) is 0 Å². The first kappa shape index (κ1) is 12.5. The molecule has 15 heavy (non-hydrogen) atoms. The molecule has 0 aromatic heterocycles. The molecule has 3 heteroatoms. The van der Waals surface area contributed by atoms with Gasteiger partial charge in [-0.3, -0.25) is 0 Å². The van der Waals surface area contributed by atoms with Crippen molar-refractivity contribution in [2.75, 3.05) is 19.8 Å². The van der Waals surface area contributed by atoms with Gasteiger partial charge in [0, 0.05) is 24.7 Å². The van der Waals surface area contributed by atoms with Gasteiger partial charge in [0.05, 0.1) is 6.61 Å². The van der Waals surface area contributed by atoms with Crippen LogP contribution in [0.4, 0.5) is 0 Å². The molecule has 1 N–H and O–H groups in total. The Bertz CT molecular complexity index is 278. The molecule has 1 aromatic rings. The van der Waals surface area contributed by atoms with Crippen LogP contribution in [0.15, 0.2) is 24.3 Å². The Morgan fingerprint density at radius 2 is 2.20 bits per heavy atom. The van der Waals surface area contributed by atoms with Gasteiger partial charge in [-0.15, -0.1) is 0 Å². The first-order valence-electron chi connectivity index (χ1n) is 5.36. The molecular formula is C12H18ClNO. The quantitative estimate of drug-likeness (QED) is 0.724. The van der Waals surface area contributed by atoms with Crippen LogP contribution in [0.1, 0.15) is 18.9 Å². The second kappa shape index (κ2) is 7.69. The maximum atomic E-state index is 5.87. The molecule has 1 aromatic carbocycles. The Labute approximate surface area is 96.6 Å². The van der Waals surface area contributed by atoms with Gasteiger partial charge in [-0.1, -0.05) is 30.7 Å². The van der Waals surface area contributed by atoms with E-state index in [0.717, 1.165) is 37.7 Å². The van der Waals surface area contributed by atoms with Crippen molar-refractivity contribution in [3.8, 4) is 0 Å². The Morgan fingerprint density at radius 1 is 1.33 bits per heavy atom. The van der Waals surface area contributed by atoms with Crippen LogP contribution in [0, 0.1) is 0 Å². The van der Waals surface area contributed by atoms with Crippen molar-refractivity contribution >= 4 is 11.6 Å². The predicted molar refractivity (Wildman–Crippen MR) is 64.3 cm³/mol. The van der Waals surface area contributed by atoms with Crippen LogP contribution >= 0.6 is 11.6 Å². The second-order valence-corrected chi connectivity index (χ2v) is 3.86. The van der Waals surface area contributed by atoms with E-state index in [-0.39, 0.29) is 0 Å². The van der Waals surface area contributed by atoms with Crippen LogP contribution in [0.3, 0.4) is 0 Å². The molecule has 0 unspecified atom stereocenters. The highest BCUT2D eigenvalue weighted by Gasteiger charge is 1.93. The first-order valence-corrected chi connectivity index (χ1v) is 5.73. The van der Waals surface area contributed by atoms with Gasteiger partial charge >= 0.3 is 0 Å². The normalized spacial score (nSPS) is 10.5. The SMILES string of the molecule is CCCOCCNCc1cccc(Cl)c1. The maximum absolute atomic E-state index is 5.87. The summed E-state index contributed by atoms with van der Waals surface area (Å²) < 4.78 is 5.36. The summed E-state index contributed by atoms with van der Waals surface area (Å²) in [5.74, 6) is 0. The Kier molecular flexibility index (Phi) is 6.41. The number of hydrogen-bond acceptors (Lipinski definition) is 2. The molecule has 0 aliphatic carbocycles. The van der Waals surface area contributed by atoms with Crippen molar-refractivity contribution in [3.63, 3.8) is 0 Å². The van der Waals surface area contributed by atoms with Gasteiger partial charge in [0.2, 0.25) is 0 Å². The fourth-order valence-electron chi connectivity index (χ4n) is 1.27. The molecular weight excluding hydrogens is 210 g/mol. The molecule has 0 spiro atoms. The monoisotopic (exact) mass is 227 g/mol. The largest absolute Gasteiger partial charge is 0.380 e. The fraction of sp³-hybridized carbons (Fsp3) is 0.500. The highest BCUT2D eigenvalue weighted by molar-refractivity contribution is 6.30. The summed E-state index contributed by atoms with van der Waals surface area (Å²) in [4.78, 5) is 0. The van der Waals surface area contributed by atoms with E-state index in [0.29, 0.717) is 0 Å². The van der Waals surface area contributed by atoms with E-state index in [1.54, 1.807) is 0 Å². The smallest absolute Gasteiger partial charge is 0.0591 e. The van der Waals surface area contributed by atoms with Crippen LogP contribution in [0.25, 0.3) is 0 Å². The van der Waals surface area contributed by atoms with Crippen molar-refractivity contribution in [3.05, 3.63) is 34.9 Å². The van der Waals surface area contributed by atoms with E-state index < -0.39 is 0 Å². The summed E-state index contributed by atoms with van der Waals surface area (Å²) in [7, 11) is 0. The van der Waals surface area contributed by atoms with Crippen LogP contribution in [0.5, 0.6) is 0 Å². The summed E-state index contributed by atoms with van der Waals surface area (Å²) in [6.45, 7) is 5.45. The lowest BCUT2D eigenvalue weighted by molar-refractivity contribution is 0.136. The van der Waals surface area contributed by atoms with Gasteiger partial charge in [-0.05, 0) is 24.1 Å². The number of rotatable bonds is 7. The number of nitrogens with one attached hydrogen (secondary N) is 1. The molecule has 0 aliphatic rings. The standard InChI is InChI=1S/C12H18ClNO/c1-2-7-15-8-6-14-10-11-4-3-5-12(13)9-11/h3-5,9,14H,2,6-8,10H2,1H3. The Morgan fingerprint density at radius 3 is 2.93 bits per heavy atom. The van der Waals surface area contributed by atoms with Crippen molar-refractivity contribution in [2.45, 2.75) is 19.9 Å². The van der Waals surface area contributed by atoms with E-state index in [1.165, 1.54) is 5.56 Å². The molecule has 0 bridgehead atoms. The first-order chi connectivity index (χ1) is 7.33. The summed E-state index contributed by atoms with van der Waals surface area (Å²) in [5, 5.41) is 4.09. The average molecular weight is 228 g/mol. The van der Waals surface area contributed by atoms with E-state index in [2.05, 4.69) is 18.3 Å². The fourth-order valence-corrected chi connectivity index (χ4v) is 1.48. The average Bonchev–Trinajstić information content (AvgIpc) is 2.23. The Hall–Kier alpha value is -0.570. The summed E-state index contributed by atoms with van der Waals surface area (Å²) in [6, 6.07) is 7.88. The molecule has 0 saturated heterocycles. The topological polar surface area (TPSA) is 21.3 Å². The maximum Gasteiger partial charge on any atom is 0.0591 e. The molecule has 1 rings (SSSR count). The van der Waals surface area contributed by atoms with Crippen molar-refractivity contribution in [2.24, 2.45) is 0 Å². The minimum absolute atomic E-state index is 0.772. The molecule has 0 fully saturated rings. The zero-order chi connectivity index (χ0) is 10.9.